The standard InChI is InChI=1S/C11H16BrNS/c12-10-5-6-14-11(10)8-3-1-2-4-9(13)7-8/h5-6,8-9H,1-4,7,13H2. The molecule has 0 bridgehead atoms. The molecule has 0 aromatic carbocycles. The predicted molar refractivity (Wildman–Crippen MR) is 65.8 cm³/mol. The molecular weight excluding hydrogens is 258 g/mol. The Labute approximate surface area is 97.8 Å². The number of halogens is 1. The highest BCUT2D eigenvalue weighted by molar-refractivity contribution is 9.10. The summed E-state index contributed by atoms with van der Waals surface area (Å²) in [6.45, 7) is 0. The zero-order valence-electron chi connectivity index (χ0n) is 8.21. The molecule has 2 rings (SSSR count). The monoisotopic (exact) mass is 273 g/mol. The van der Waals surface area contributed by atoms with Gasteiger partial charge in [-0.25, -0.2) is 0 Å². The maximum absolute atomic E-state index is 6.07. The zero-order chi connectivity index (χ0) is 9.97. The van der Waals surface area contributed by atoms with Crippen LogP contribution in [0, 0.1) is 0 Å². The lowest BCUT2D eigenvalue weighted by Gasteiger charge is -2.15. The summed E-state index contributed by atoms with van der Waals surface area (Å²) in [5, 5.41) is 2.16. The molecule has 78 valence electrons. The van der Waals surface area contributed by atoms with E-state index in [-0.39, 0.29) is 0 Å². The predicted octanol–water partition coefficient (Wildman–Crippen LogP) is 3.89. The first-order valence-electron chi connectivity index (χ1n) is 5.26. The van der Waals surface area contributed by atoms with Crippen molar-refractivity contribution in [3.05, 3.63) is 20.8 Å². The number of hydrogen-bond acceptors (Lipinski definition) is 2. The van der Waals surface area contributed by atoms with E-state index in [0.717, 1.165) is 0 Å². The second-order valence-electron chi connectivity index (χ2n) is 4.11. The fourth-order valence-corrected chi connectivity index (χ4v) is 4.08. The molecule has 0 amide bonds. The minimum Gasteiger partial charge on any atom is -0.328 e. The van der Waals surface area contributed by atoms with E-state index in [2.05, 4.69) is 27.4 Å². The van der Waals surface area contributed by atoms with Crippen molar-refractivity contribution in [2.45, 2.75) is 44.1 Å². The molecular formula is C11H16BrNS. The van der Waals surface area contributed by atoms with E-state index in [0.29, 0.717) is 12.0 Å². The largest absolute Gasteiger partial charge is 0.328 e. The van der Waals surface area contributed by atoms with E-state index in [1.165, 1.54) is 41.5 Å². The summed E-state index contributed by atoms with van der Waals surface area (Å²) >= 11 is 5.48. The van der Waals surface area contributed by atoms with Crippen molar-refractivity contribution in [2.75, 3.05) is 0 Å². The molecule has 2 N–H and O–H groups in total. The highest BCUT2D eigenvalue weighted by atomic mass is 79.9. The summed E-state index contributed by atoms with van der Waals surface area (Å²) in [5.41, 5.74) is 6.07. The van der Waals surface area contributed by atoms with Gasteiger partial charge in [0, 0.05) is 15.4 Å². The topological polar surface area (TPSA) is 26.0 Å². The highest BCUT2D eigenvalue weighted by Crippen LogP contribution is 2.38. The maximum atomic E-state index is 6.07. The van der Waals surface area contributed by atoms with Gasteiger partial charge in [0.1, 0.15) is 0 Å². The van der Waals surface area contributed by atoms with Crippen LogP contribution in [0.5, 0.6) is 0 Å². The number of thiophene rings is 1. The van der Waals surface area contributed by atoms with Crippen molar-refractivity contribution < 1.29 is 0 Å². The van der Waals surface area contributed by atoms with E-state index in [9.17, 15) is 0 Å². The summed E-state index contributed by atoms with van der Waals surface area (Å²) < 4.78 is 1.28. The number of hydrogen-bond donors (Lipinski definition) is 1. The van der Waals surface area contributed by atoms with Crippen LogP contribution in [0.4, 0.5) is 0 Å². The molecule has 0 aliphatic heterocycles. The number of rotatable bonds is 1. The molecule has 1 heterocycles. The van der Waals surface area contributed by atoms with E-state index < -0.39 is 0 Å². The van der Waals surface area contributed by atoms with Crippen LogP contribution < -0.4 is 5.73 Å². The van der Waals surface area contributed by atoms with Crippen molar-refractivity contribution >= 4 is 27.3 Å². The van der Waals surface area contributed by atoms with Gasteiger partial charge in [0.25, 0.3) is 0 Å². The van der Waals surface area contributed by atoms with Gasteiger partial charge >= 0.3 is 0 Å². The zero-order valence-corrected chi connectivity index (χ0v) is 10.6. The van der Waals surface area contributed by atoms with Gasteiger partial charge in [-0.3, -0.25) is 0 Å². The fraction of sp³-hybridized carbons (Fsp3) is 0.636. The lowest BCUT2D eigenvalue weighted by atomic mass is 9.97. The van der Waals surface area contributed by atoms with E-state index in [1.54, 1.807) is 0 Å². The average molecular weight is 274 g/mol. The molecule has 1 aromatic heterocycles. The summed E-state index contributed by atoms with van der Waals surface area (Å²) in [7, 11) is 0. The maximum Gasteiger partial charge on any atom is 0.0317 e. The molecule has 1 nitrogen and oxygen atoms in total. The second kappa shape index (κ2) is 4.77. The molecule has 1 saturated carbocycles. The third-order valence-electron chi connectivity index (χ3n) is 2.98. The Bertz CT molecular complexity index is 297. The van der Waals surface area contributed by atoms with Crippen molar-refractivity contribution in [3.63, 3.8) is 0 Å². The quantitative estimate of drug-likeness (QED) is 0.772. The van der Waals surface area contributed by atoms with Crippen LogP contribution in [0.3, 0.4) is 0 Å². The van der Waals surface area contributed by atoms with E-state index in [4.69, 9.17) is 5.73 Å². The Hall–Kier alpha value is 0.140. The minimum absolute atomic E-state index is 0.413. The first kappa shape index (κ1) is 10.7. The lowest BCUT2D eigenvalue weighted by molar-refractivity contribution is 0.540. The molecule has 1 aliphatic rings. The van der Waals surface area contributed by atoms with Crippen LogP contribution in [0.15, 0.2) is 15.9 Å². The normalized spacial score (nSPS) is 28.7. The van der Waals surface area contributed by atoms with Gasteiger partial charge in [0.05, 0.1) is 0 Å². The third kappa shape index (κ3) is 2.38. The summed E-state index contributed by atoms with van der Waals surface area (Å²) in [6.07, 6.45) is 6.33. The molecule has 0 spiro atoms. The van der Waals surface area contributed by atoms with Crippen molar-refractivity contribution in [1.29, 1.82) is 0 Å². The van der Waals surface area contributed by atoms with Gasteiger partial charge in [0.2, 0.25) is 0 Å². The van der Waals surface area contributed by atoms with Gasteiger partial charge in [-0.15, -0.1) is 11.3 Å². The van der Waals surface area contributed by atoms with Crippen LogP contribution in [0.25, 0.3) is 0 Å². The Kier molecular flexibility index (Phi) is 3.63. The highest BCUT2D eigenvalue weighted by Gasteiger charge is 2.21. The molecule has 1 fully saturated rings. The van der Waals surface area contributed by atoms with Crippen LogP contribution in [-0.2, 0) is 0 Å². The smallest absolute Gasteiger partial charge is 0.0317 e. The molecule has 14 heavy (non-hydrogen) atoms. The Morgan fingerprint density at radius 2 is 2.14 bits per heavy atom. The summed E-state index contributed by atoms with van der Waals surface area (Å²) in [5.74, 6) is 0.696. The molecule has 0 saturated heterocycles. The van der Waals surface area contributed by atoms with Crippen molar-refractivity contribution in [2.24, 2.45) is 5.73 Å². The minimum atomic E-state index is 0.413. The van der Waals surface area contributed by atoms with Crippen LogP contribution in [0.2, 0.25) is 0 Å². The van der Waals surface area contributed by atoms with E-state index >= 15 is 0 Å². The lowest BCUT2D eigenvalue weighted by Crippen LogP contribution is -2.20. The van der Waals surface area contributed by atoms with Gasteiger partial charge < -0.3 is 5.73 Å². The van der Waals surface area contributed by atoms with Crippen LogP contribution in [0.1, 0.15) is 42.9 Å². The average Bonchev–Trinajstić information content (AvgIpc) is 2.45. The van der Waals surface area contributed by atoms with Gasteiger partial charge in [0.15, 0.2) is 0 Å². The Balaban J connectivity index is 2.13. The second-order valence-corrected chi connectivity index (χ2v) is 5.91. The third-order valence-corrected chi connectivity index (χ3v) is 5.01. The van der Waals surface area contributed by atoms with Crippen LogP contribution in [-0.4, -0.2) is 6.04 Å². The van der Waals surface area contributed by atoms with Gasteiger partial charge in [-0.1, -0.05) is 12.8 Å². The molecule has 0 radical (unpaired) electrons. The first-order valence-corrected chi connectivity index (χ1v) is 6.93. The van der Waals surface area contributed by atoms with Crippen LogP contribution >= 0.6 is 27.3 Å². The van der Waals surface area contributed by atoms with Crippen molar-refractivity contribution in [3.8, 4) is 0 Å². The van der Waals surface area contributed by atoms with E-state index in [1.807, 2.05) is 11.3 Å². The fourth-order valence-electron chi connectivity index (χ4n) is 2.23. The molecule has 2 unspecified atom stereocenters. The van der Waals surface area contributed by atoms with Crippen molar-refractivity contribution in [1.82, 2.24) is 0 Å². The molecule has 2 atom stereocenters. The van der Waals surface area contributed by atoms with Gasteiger partial charge in [-0.2, -0.15) is 0 Å². The SMILES string of the molecule is NC1CCCCC(c2sccc2Br)C1. The molecule has 1 aromatic rings. The molecule has 3 heteroatoms. The number of nitrogens with two attached hydrogens (primary N) is 1. The Morgan fingerprint density at radius 1 is 1.36 bits per heavy atom. The first-order chi connectivity index (χ1) is 6.77. The van der Waals surface area contributed by atoms with Gasteiger partial charge in [-0.05, 0) is 52.6 Å². The summed E-state index contributed by atoms with van der Waals surface area (Å²) in [4.78, 5) is 1.50. The Morgan fingerprint density at radius 3 is 2.86 bits per heavy atom. The molecule has 1 aliphatic carbocycles. The summed E-state index contributed by atoms with van der Waals surface area (Å²) in [6, 6.07) is 2.56.